The van der Waals surface area contributed by atoms with Gasteiger partial charge in [-0.05, 0) is 62.1 Å². The highest BCUT2D eigenvalue weighted by molar-refractivity contribution is 5.85. The summed E-state index contributed by atoms with van der Waals surface area (Å²) in [7, 11) is 0. The minimum Gasteiger partial charge on any atom is -0.491 e. The molecule has 2 aliphatic carbocycles. The number of rotatable bonds is 6. The van der Waals surface area contributed by atoms with Crippen molar-refractivity contribution in [2.75, 3.05) is 13.2 Å². The maximum absolute atomic E-state index is 13.2. The van der Waals surface area contributed by atoms with E-state index in [1.807, 2.05) is 13.8 Å². The highest BCUT2D eigenvalue weighted by Crippen LogP contribution is 2.41. The van der Waals surface area contributed by atoms with Crippen molar-refractivity contribution < 1.29 is 18.3 Å². The van der Waals surface area contributed by atoms with E-state index in [2.05, 4.69) is 0 Å². The second-order valence-electron chi connectivity index (χ2n) is 7.26. The molecule has 4 nitrogen and oxygen atoms in total. The van der Waals surface area contributed by atoms with Gasteiger partial charge in [-0.15, -0.1) is 24.8 Å². The highest BCUT2D eigenvalue weighted by atomic mass is 35.5. The predicted molar refractivity (Wildman–Crippen MR) is 120 cm³/mol. The fraction of sp³-hybridized carbons (Fsp3) is 0.455. The van der Waals surface area contributed by atoms with Gasteiger partial charge in [-0.2, -0.15) is 0 Å². The largest absolute Gasteiger partial charge is 0.491 e. The van der Waals surface area contributed by atoms with Gasteiger partial charge in [0.15, 0.2) is 23.1 Å². The van der Waals surface area contributed by atoms with Crippen LogP contribution in [0.25, 0.3) is 0 Å². The van der Waals surface area contributed by atoms with Crippen molar-refractivity contribution in [1.82, 2.24) is 0 Å². The van der Waals surface area contributed by atoms with E-state index < -0.39 is 0 Å². The molecule has 2 aromatic rings. The molecule has 4 rings (SSSR count). The van der Waals surface area contributed by atoms with Gasteiger partial charge < -0.3 is 20.9 Å². The number of hydrogen-bond acceptors (Lipinski definition) is 4. The van der Waals surface area contributed by atoms with Crippen LogP contribution in [-0.2, 0) is 0 Å². The Labute approximate surface area is 189 Å². The minimum absolute atomic E-state index is 0. The lowest BCUT2D eigenvalue weighted by atomic mass is 10.1. The zero-order chi connectivity index (χ0) is 20.3. The second kappa shape index (κ2) is 11.7. The standard InChI is InChI=1S/2C11H14FNO.2ClH/c2*1-2-14-11-5-7(3-4-9(11)12)8-6-10(8)13;;/h2*3-5,8,10H,2,6,13H2,1H3;2*1H/t2*8-,10+;;/m10../s1. The van der Waals surface area contributed by atoms with Gasteiger partial charge >= 0.3 is 0 Å². The first-order valence-electron chi connectivity index (χ1n) is 9.80. The van der Waals surface area contributed by atoms with E-state index in [-0.39, 0.29) is 48.5 Å². The summed E-state index contributed by atoms with van der Waals surface area (Å²) in [4.78, 5) is 0. The lowest BCUT2D eigenvalue weighted by Gasteiger charge is -2.06. The number of hydrogen-bond donors (Lipinski definition) is 2. The molecule has 0 amide bonds. The van der Waals surface area contributed by atoms with Crippen molar-refractivity contribution >= 4 is 24.8 Å². The highest BCUT2D eigenvalue weighted by Gasteiger charge is 2.35. The van der Waals surface area contributed by atoms with Crippen LogP contribution in [0.15, 0.2) is 36.4 Å². The molecule has 0 spiro atoms. The Morgan fingerprint density at radius 1 is 0.767 bits per heavy atom. The van der Waals surface area contributed by atoms with Crippen LogP contribution in [0.2, 0.25) is 0 Å². The van der Waals surface area contributed by atoms with Crippen LogP contribution in [-0.4, -0.2) is 25.3 Å². The third-order valence-corrected chi connectivity index (χ3v) is 5.05. The molecule has 0 saturated heterocycles. The summed E-state index contributed by atoms with van der Waals surface area (Å²) < 4.78 is 36.7. The molecule has 0 aromatic heterocycles. The van der Waals surface area contributed by atoms with Gasteiger partial charge in [0.25, 0.3) is 0 Å². The van der Waals surface area contributed by atoms with Gasteiger partial charge in [0, 0.05) is 23.9 Å². The van der Waals surface area contributed by atoms with Crippen LogP contribution in [0.3, 0.4) is 0 Å². The van der Waals surface area contributed by atoms with E-state index in [0.29, 0.717) is 36.5 Å². The summed E-state index contributed by atoms with van der Waals surface area (Å²) in [5.41, 5.74) is 13.6. The molecule has 168 valence electrons. The van der Waals surface area contributed by atoms with E-state index >= 15 is 0 Å². The Kier molecular flexibility index (Phi) is 10.3. The van der Waals surface area contributed by atoms with Gasteiger partial charge in [-0.3, -0.25) is 0 Å². The summed E-state index contributed by atoms with van der Waals surface area (Å²) in [6.45, 7) is 4.65. The maximum atomic E-state index is 13.2. The third-order valence-electron chi connectivity index (χ3n) is 5.05. The monoisotopic (exact) mass is 462 g/mol. The molecule has 2 fully saturated rings. The van der Waals surface area contributed by atoms with E-state index in [9.17, 15) is 8.78 Å². The Bertz CT molecular complexity index is 758. The molecular weight excluding hydrogens is 433 g/mol. The predicted octanol–water partition coefficient (Wildman–Crippen LogP) is 4.92. The molecule has 0 unspecified atom stereocenters. The summed E-state index contributed by atoms with van der Waals surface area (Å²) in [5, 5.41) is 0. The number of nitrogens with two attached hydrogens (primary N) is 2. The zero-order valence-corrected chi connectivity index (χ0v) is 18.8. The Hall–Kier alpha value is -1.60. The zero-order valence-electron chi connectivity index (χ0n) is 17.1. The molecule has 4 N–H and O–H groups in total. The summed E-state index contributed by atoms with van der Waals surface area (Å²) in [6, 6.07) is 10.5. The van der Waals surface area contributed by atoms with Crippen molar-refractivity contribution in [1.29, 1.82) is 0 Å². The van der Waals surface area contributed by atoms with Gasteiger partial charge in [-0.1, -0.05) is 12.1 Å². The topological polar surface area (TPSA) is 70.5 Å². The Morgan fingerprint density at radius 2 is 1.10 bits per heavy atom. The first-order chi connectivity index (χ1) is 13.4. The molecule has 2 aliphatic rings. The summed E-state index contributed by atoms with van der Waals surface area (Å²) >= 11 is 0. The fourth-order valence-corrected chi connectivity index (χ4v) is 3.23. The molecule has 2 aromatic carbocycles. The van der Waals surface area contributed by atoms with E-state index in [0.717, 1.165) is 24.0 Å². The van der Waals surface area contributed by atoms with Crippen LogP contribution in [0.5, 0.6) is 11.5 Å². The lowest BCUT2D eigenvalue weighted by molar-refractivity contribution is 0.321. The smallest absolute Gasteiger partial charge is 0.165 e. The Balaban J connectivity index is 0.000000281. The van der Waals surface area contributed by atoms with Gasteiger partial charge in [0.1, 0.15) is 0 Å². The number of benzene rings is 2. The molecular formula is C22H30Cl2F2N2O2. The average molecular weight is 463 g/mol. The number of halogens is 4. The Morgan fingerprint density at radius 3 is 1.37 bits per heavy atom. The average Bonchev–Trinajstić information content (AvgIpc) is 3.58. The van der Waals surface area contributed by atoms with Crippen molar-refractivity contribution in [3.05, 3.63) is 59.2 Å². The van der Waals surface area contributed by atoms with Crippen LogP contribution < -0.4 is 20.9 Å². The van der Waals surface area contributed by atoms with Crippen molar-refractivity contribution in [2.24, 2.45) is 11.5 Å². The molecule has 2 saturated carbocycles. The molecule has 0 heterocycles. The molecule has 0 aliphatic heterocycles. The molecule has 0 radical (unpaired) electrons. The quantitative estimate of drug-likeness (QED) is 0.638. The second-order valence-corrected chi connectivity index (χ2v) is 7.26. The van der Waals surface area contributed by atoms with E-state index in [1.165, 1.54) is 12.1 Å². The minimum atomic E-state index is -0.301. The normalized spacial score (nSPS) is 23.1. The summed E-state index contributed by atoms with van der Waals surface area (Å²) in [6.07, 6.45) is 1.99. The maximum Gasteiger partial charge on any atom is 0.165 e. The molecule has 30 heavy (non-hydrogen) atoms. The molecule has 0 bridgehead atoms. The van der Waals surface area contributed by atoms with Gasteiger partial charge in [0.05, 0.1) is 13.2 Å². The first-order valence-corrected chi connectivity index (χ1v) is 9.80. The van der Waals surface area contributed by atoms with Crippen molar-refractivity contribution in [3.63, 3.8) is 0 Å². The first kappa shape index (κ1) is 26.4. The SMILES string of the molecule is CCOc1cc([C@@H]2C[C@H]2N)ccc1F.CCOc1cc([C@H]2C[C@@H]2N)ccc1F.Cl.Cl. The van der Waals surface area contributed by atoms with E-state index in [1.54, 1.807) is 24.3 Å². The van der Waals surface area contributed by atoms with Crippen molar-refractivity contribution in [2.45, 2.75) is 50.6 Å². The number of ether oxygens (including phenoxy) is 2. The lowest BCUT2D eigenvalue weighted by Crippen LogP contribution is -2.02. The molecule has 4 atom stereocenters. The summed E-state index contributed by atoms with van der Waals surface area (Å²) in [5.74, 6) is 0.868. The van der Waals surface area contributed by atoms with Crippen molar-refractivity contribution in [3.8, 4) is 11.5 Å². The van der Waals surface area contributed by atoms with E-state index in [4.69, 9.17) is 20.9 Å². The van der Waals surface area contributed by atoms with Crippen LogP contribution in [0, 0.1) is 11.6 Å². The van der Waals surface area contributed by atoms with Gasteiger partial charge in [0.2, 0.25) is 0 Å². The van der Waals surface area contributed by atoms with Crippen LogP contribution >= 0.6 is 24.8 Å². The third kappa shape index (κ3) is 6.71. The van der Waals surface area contributed by atoms with Crippen LogP contribution in [0.1, 0.15) is 49.7 Å². The molecule has 8 heteroatoms. The van der Waals surface area contributed by atoms with Crippen LogP contribution in [0.4, 0.5) is 8.78 Å². The van der Waals surface area contributed by atoms with Gasteiger partial charge in [-0.25, -0.2) is 8.78 Å². The fourth-order valence-electron chi connectivity index (χ4n) is 3.23.